The Morgan fingerprint density at radius 3 is 2.76 bits per heavy atom. The minimum Gasteiger partial charge on any atom is -0.320 e. The highest BCUT2D eigenvalue weighted by Gasteiger charge is 2.20. The minimum absolute atomic E-state index is 0.00657. The van der Waals surface area contributed by atoms with E-state index < -0.39 is 11.5 Å². The zero-order valence-corrected chi connectivity index (χ0v) is 13.7. The number of anilines is 1. The van der Waals surface area contributed by atoms with Crippen LogP contribution >= 0.6 is 0 Å². The fraction of sp³-hybridized carbons (Fsp3) is 0.111. The van der Waals surface area contributed by atoms with Gasteiger partial charge in [-0.25, -0.2) is 4.52 Å². The largest absolute Gasteiger partial charge is 0.320 e. The Balaban J connectivity index is 1.84. The smallest absolute Gasteiger partial charge is 0.278 e. The van der Waals surface area contributed by atoms with Gasteiger partial charge in [0, 0.05) is 5.69 Å². The van der Waals surface area contributed by atoms with Crippen LogP contribution in [-0.4, -0.2) is 25.7 Å². The van der Waals surface area contributed by atoms with Gasteiger partial charge in [-0.2, -0.15) is 0 Å². The summed E-state index contributed by atoms with van der Waals surface area (Å²) in [5.74, 6) is -0.468. The number of amides is 1. The summed E-state index contributed by atoms with van der Waals surface area (Å²) >= 11 is 0. The molecular weight excluding hydrogens is 318 g/mol. The lowest BCUT2D eigenvalue weighted by Crippen LogP contribution is -2.18. The average Bonchev–Trinajstić information content (AvgIpc) is 3.05. The number of nitrogens with one attached hydrogen (secondary N) is 2. The molecule has 25 heavy (non-hydrogen) atoms. The van der Waals surface area contributed by atoms with E-state index in [0.717, 1.165) is 11.1 Å². The first-order chi connectivity index (χ1) is 12.1. The third-order valence-electron chi connectivity index (χ3n) is 4.33. The number of carbonyl (C=O) groups is 1. The van der Waals surface area contributed by atoms with Crippen LogP contribution in [-0.2, 0) is 0 Å². The van der Waals surface area contributed by atoms with Gasteiger partial charge in [-0.1, -0.05) is 29.5 Å². The molecule has 0 saturated carbocycles. The molecule has 4 aromatic rings. The van der Waals surface area contributed by atoms with E-state index in [4.69, 9.17) is 0 Å². The van der Waals surface area contributed by atoms with E-state index in [1.807, 2.05) is 44.2 Å². The second-order valence-electron chi connectivity index (χ2n) is 5.87. The zero-order chi connectivity index (χ0) is 17.6. The van der Waals surface area contributed by atoms with Crippen LogP contribution in [0.15, 0.2) is 47.3 Å². The third-order valence-corrected chi connectivity index (χ3v) is 4.33. The van der Waals surface area contributed by atoms with Crippen molar-refractivity contribution in [1.82, 2.24) is 19.8 Å². The highest BCUT2D eigenvalue weighted by Crippen LogP contribution is 2.19. The van der Waals surface area contributed by atoms with Crippen LogP contribution in [0.4, 0.5) is 5.69 Å². The van der Waals surface area contributed by atoms with Crippen LogP contribution in [0.3, 0.4) is 0 Å². The summed E-state index contributed by atoms with van der Waals surface area (Å²) in [6, 6.07) is 12.9. The predicted molar refractivity (Wildman–Crippen MR) is 95.0 cm³/mol. The third kappa shape index (κ3) is 2.37. The molecule has 0 saturated heterocycles. The molecule has 0 aliphatic heterocycles. The molecule has 0 unspecified atom stereocenters. The number of para-hydroxylation sites is 2. The first kappa shape index (κ1) is 15.1. The molecule has 0 aliphatic rings. The number of rotatable bonds is 2. The fourth-order valence-electron chi connectivity index (χ4n) is 2.82. The Morgan fingerprint density at radius 1 is 1.12 bits per heavy atom. The maximum atomic E-state index is 12.7. The van der Waals surface area contributed by atoms with Gasteiger partial charge in [-0.15, -0.1) is 5.10 Å². The summed E-state index contributed by atoms with van der Waals surface area (Å²) in [7, 11) is 0. The van der Waals surface area contributed by atoms with Gasteiger partial charge in [0.15, 0.2) is 11.2 Å². The molecular formula is C18H15N5O2. The summed E-state index contributed by atoms with van der Waals surface area (Å²) < 4.78 is 1.40. The number of hydrogen-bond donors (Lipinski definition) is 2. The van der Waals surface area contributed by atoms with Crippen molar-refractivity contribution in [3.8, 4) is 0 Å². The fourth-order valence-corrected chi connectivity index (χ4v) is 2.82. The van der Waals surface area contributed by atoms with Crippen LogP contribution in [0.1, 0.15) is 21.6 Å². The van der Waals surface area contributed by atoms with E-state index in [-0.39, 0.29) is 11.2 Å². The number of hydrogen-bond acceptors (Lipinski definition) is 4. The Hall–Kier alpha value is -3.48. The summed E-state index contributed by atoms with van der Waals surface area (Å²) in [5, 5.41) is 10.7. The number of carbonyl (C=O) groups excluding carboxylic acids is 1. The van der Waals surface area contributed by atoms with E-state index >= 15 is 0 Å². The van der Waals surface area contributed by atoms with E-state index in [1.54, 1.807) is 12.1 Å². The zero-order valence-electron chi connectivity index (χ0n) is 13.7. The van der Waals surface area contributed by atoms with Gasteiger partial charge in [-0.05, 0) is 43.2 Å². The Labute approximate surface area is 142 Å². The van der Waals surface area contributed by atoms with Crippen molar-refractivity contribution in [3.05, 3.63) is 69.6 Å². The second kappa shape index (κ2) is 5.55. The van der Waals surface area contributed by atoms with Crippen LogP contribution in [0.2, 0.25) is 0 Å². The molecule has 2 heterocycles. The standard InChI is InChI=1S/C18H15N5O2/c1-10-6-5-8-12(11(10)2)19-17(24)15-16-18(25)20-13-7-3-4-9-14(13)23(16)22-21-15/h3-9H,1-2H3,(H,19,24)(H,20,25). The molecule has 2 aromatic heterocycles. The van der Waals surface area contributed by atoms with E-state index in [9.17, 15) is 9.59 Å². The molecule has 4 rings (SSSR count). The number of aryl methyl sites for hydroxylation is 1. The molecule has 0 bridgehead atoms. The van der Waals surface area contributed by atoms with Crippen molar-refractivity contribution in [1.29, 1.82) is 0 Å². The van der Waals surface area contributed by atoms with Gasteiger partial charge < -0.3 is 10.3 Å². The van der Waals surface area contributed by atoms with E-state index in [0.29, 0.717) is 16.7 Å². The van der Waals surface area contributed by atoms with Gasteiger partial charge in [0.05, 0.1) is 11.0 Å². The molecule has 0 radical (unpaired) electrons. The molecule has 2 N–H and O–H groups in total. The average molecular weight is 333 g/mol. The number of fused-ring (bicyclic) bond motifs is 3. The summed E-state index contributed by atoms with van der Waals surface area (Å²) in [4.78, 5) is 27.8. The number of aromatic nitrogens is 4. The number of benzene rings is 2. The first-order valence-electron chi connectivity index (χ1n) is 7.80. The molecule has 2 aromatic carbocycles. The summed E-state index contributed by atoms with van der Waals surface area (Å²) in [5.41, 5.74) is 3.73. The van der Waals surface area contributed by atoms with Gasteiger partial charge in [-0.3, -0.25) is 9.59 Å². The molecule has 0 fully saturated rings. The van der Waals surface area contributed by atoms with Gasteiger partial charge in [0.2, 0.25) is 0 Å². The van der Waals surface area contributed by atoms with Crippen LogP contribution in [0.5, 0.6) is 0 Å². The monoisotopic (exact) mass is 333 g/mol. The van der Waals surface area contributed by atoms with E-state index in [2.05, 4.69) is 20.6 Å². The first-order valence-corrected chi connectivity index (χ1v) is 7.80. The normalized spacial score (nSPS) is 11.1. The molecule has 7 nitrogen and oxygen atoms in total. The van der Waals surface area contributed by atoms with Crippen molar-refractivity contribution in [3.63, 3.8) is 0 Å². The number of nitrogens with zero attached hydrogens (tertiary/aromatic N) is 3. The number of aromatic amines is 1. The van der Waals surface area contributed by atoms with Gasteiger partial charge in [0.25, 0.3) is 11.5 Å². The highest BCUT2D eigenvalue weighted by atomic mass is 16.2. The van der Waals surface area contributed by atoms with Crippen molar-refractivity contribution < 1.29 is 4.79 Å². The van der Waals surface area contributed by atoms with Gasteiger partial charge in [0.1, 0.15) is 0 Å². The maximum absolute atomic E-state index is 12.7. The highest BCUT2D eigenvalue weighted by molar-refractivity contribution is 6.08. The molecule has 124 valence electrons. The number of H-pyrrole nitrogens is 1. The lowest BCUT2D eigenvalue weighted by molar-refractivity contribution is 0.102. The van der Waals surface area contributed by atoms with Crippen LogP contribution in [0.25, 0.3) is 16.6 Å². The maximum Gasteiger partial charge on any atom is 0.278 e. The van der Waals surface area contributed by atoms with Crippen LogP contribution < -0.4 is 10.9 Å². The van der Waals surface area contributed by atoms with Crippen molar-refractivity contribution in [2.24, 2.45) is 0 Å². The quantitative estimate of drug-likeness (QED) is 0.589. The minimum atomic E-state index is -0.468. The molecule has 7 heteroatoms. The second-order valence-corrected chi connectivity index (χ2v) is 5.87. The van der Waals surface area contributed by atoms with Crippen molar-refractivity contribution in [2.75, 3.05) is 5.32 Å². The van der Waals surface area contributed by atoms with E-state index in [1.165, 1.54) is 4.52 Å². The molecule has 0 spiro atoms. The summed E-state index contributed by atoms with van der Waals surface area (Å²) in [6.07, 6.45) is 0. The lowest BCUT2D eigenvalue weighted by atomic mass is 10.1. The Kier molecular flexibility index (Phi) is 3.35. The molecule has 0 aliphatic carbocycles. The molecule has 0 atom stereocenters. The van der Waals surface area contributed by atoms with Crippen molar-refractivity contribution >= 4 is 28.1 Å². The van der Waals surface area contributed by atoms with Gasteiger partial charge >= 0.3 is 0 Å². The summed E-state index contributed by atoms with van der Waals surface area (Å²) in [6.45, 7) is 3.89. The molecule has 1 amide bonds. The Bertz CT molecular complexity index is 1190. The Morgan fingerprint density at radius 2 is 1.92 bits per heavy atom. The topological polar surface area (TPSA) is 92.2 Å². The lowest BCUT2D eigenvalue weighted by Gasteiger charge is -2.09. The van der Waals surface area contributed by atoms with Crippen LogP contribution in [0, 0.1) is 13.8 Å². The van der Waals surface area contributed by atoms with Crippen molar-refractivity contribution in [2.45, 2.75) is 13.8 Å². The predicted octanol–water partition coefficient (Wildman–Crippen LogP) is 2.44. The SMILES string of the molecule is Cc1cccc(NC(=O)c2nnn3c2c(=O)[nH]c2ccccc23)c1C.